The van der Waals surface area contributed by atoms with Gasteiger partial charge in [0.25, 0.3) is 0 Å². The lowest BCUT2D eigenvalue weighted by Gasteiger charge is -2.28. The van der Waals surface area contributed by atoms with E-state index >= 15 is 0 Å². The third kappa shape index (κ3) is 4.19. The Hall–Kier alpha value is -2.35. The van der Waals surface area contributed by atoms with E-state index < -0.39 is 12.0 Å². The van der Waals surface area contributed by atoms with Gasteiger partial charge < -0.3 is 15.4 Å². The SMILES string of the molecule is CC1=C(C(=O)OCc2ccccc2)[C@H](c2cccc(I)c2)NC(=O)N1. The van der Waals surface area contributed by atoms with Crippen LogP contribution in [-0.2, 0) is 16.1 Å². The first kappa shape index (κ1) is 17.5. The second-order valence-corrected chi connectivity index (χ2v) is 6.93. The van der Waals surface area contributed by atoms with E-state index in [1.807, 2.05) is 54.6 Å². The Morgan fingerprint density at radius 2 is 1.92 bits per heavy atom. The highest BCUT2D eigenvalue weighted by Crippen LogP contribution is 2.28. The summed E-state index contributed by atoms with van der Waals surface area (Å²) in [5, 5.41) is 5.46. The summed E-state index contributed by atoms with van der Waals surface area (Å²) in [4.78, 5) is 24.6. The van der Waals surface area contributed by atoms with Crippen LogP contribution in [0.15, 0.2) is 65.9 Å². The number of hydrogen-bond acceptors (Lipinski definition) is 3. The molecule has 0 saturated carbocycles. The van der Waals surface area contributed by atoms with E-state index in [1.165, 1.54) is 0 Å². The van der Waals surface area contributed by atoms with Crippen LogP contribution >= 0.6 is 22.6 Å². The molecular formula is C19H17IN2O3. The number of ether oxygens (including phenoxy) is 1. The molecule has 25 heavy (non-hydrogen) atoms. The van der Waals surface area contributed by atoms with Gasteiger partial charge in [0.05, 0.1) is 11.6 Å². The van der Waals surface area contributed by atoms with Crippen molar-refractivity contribution in [1.29, 1.82) is 0 Å². The lowest BCUT2D eigenvalue weighted by Crippen LogP contribution is -2.45. The van der Waals surface area contributed by atoms with Gasteiger partial charge in [-0.25, -0.2) is 9.59 Å². The lowest BCUT2D eigenvalue weighted by molar-refractivity contribution is -0.140. The van der Waals surface area contributed by atoms with Gasteiger partial charge >= 0.3 is 12.0 Å². The fraction of sp³-hybridized carbons (Fsp3) is 0.158. The second kappa shape index (κ2) is 7.69. The molecule has 0 aliphatic carbocycles. The molecule has 2 aromatic carbocycles. The van der Waals surface area contributed by atoms with Gasteiger partial charge in [0, 0.05) is 9.27 Å². The van der Waals surface area contributed by atoms with Gasteiger partial charge in [-0.1, -0.05) is 42.5 Å². The first-order chi connectivity index (χ1) is 12.0. The molecule has 2 N–H and O–H groups in total. The van der Waals surface area contributed by atoms with Gasteiger partial charge in [-0.05, 0) is 52.8 Å². The first-order valence-electron chi connectivity index (χ1n) is 7.79. The average Bonchev–Trinajstić information content (AvgIpc) is 2.60. The van der Waals surface area contributed by atoms with E-state index in [-0.39, 0.29) is 12.6 Å². The quantitative estimate of drug-likeness (QED) is 0.555. The molecule has 1 heterocycles. The van der Waals surface area contributed by atoms with E-state index in [2.05, 4.69) is 33.2 Å². The van der Waals surface area contributed by atoms with Gasteiger partial charge in [-0.2, -0.15) is 0 Å². The van der Waals surface area contributed by atoms with Gasteiger partial charge in [0.1, 0.15) is 6.61 Å². The van der Waals surface area contributed by atoms with E-state index in [0.717, 1.165) is 14.7 Å². The van der Waals surface area contributed by atoms with Gasteiger partial charge in [0.15, 0.2) is 0 Å². The minimum absolute atomic E-state index is 0.184. The molecule has 1 atom stereocenters. The molecule has 1 aliphatic rings. The molecule has 0 fully saturated rings. The minimum Gasteiger partial charge on any atom is -0.457 e. The fourth-order valence-electron chi connectivity index (χ4n) is 2.70. The second-order valence-electron chi connectivity index (χ2n) is 5.69. The number of nitrogens with one attached hydrogen (secondary N) is 2. The first-order valence-corrected chi connectivity index (χ1v) is 8.87. The van der Waals surface area contributed by atoms with Crippen molar-refractivity contribution in [2.24, 2.45) is 0 Å². The van der Waals surface area contributed by atoms with Crippen LogP contribution in [0.25, 0.3) is 0 Å². The van der Waals surface area contributed by atoms with Crippen LogP contribution in [0, 0.1) is 3.57 Å². The van der Waals surface area contributed by atoms with Crippen LogP contribution in [0.4, 0.5) is 4.79 Å². The number of carbonyl (C=O) groups excluding carboxylic acids is 2. The summed E-state index contributed by atoms with van der Waals surface area (Å²) >= 11 is 2.20. The molecule has 0 aromatic heterocycles. The van der Waals surface area contributed by atoms with Crippen LogP contribution in [0.2, 0.25) is 0 Å². The third-order valence-electron chi connectivity index (χ3n) is 3.88. The number of allylic oxidation sites excluding steroid dienone is 1. The number of carbonyl (C=O) groups is 2. The summed E-state index contributed by atoms with van der Waals surface area (Å²) in [6.07, 6.45) is 0. The number of amides is 2. The molecule has 0 saturated heterocycles. The van der Waals surface area contributed by atoms with Crippen molar-refractivity contribution in [3.63, 3.8) is 0 Å². The Balaban J connectivity index is 1.85. The van der Waals surface area contributed by atoms with Crippen molar-refractivity contribution in [2.75, 3.05) is 0 Å². The predicted octanol–water partition coefficient (Wildman–Crippen LogP) is 3.66. The largest absolute Gasteiger partial charge is 0.457 e. The van der Waals surface area contributed by atoms with Crippen LogP contribution < -0.4 is 10.6 Å². The number of urea groups is 1. The third-order valence-corrected chi connectivity index (χ3v) is 4.55. The van der Waals surface area contributed by atoms with Crippen molar-refractivity contribution >= 4 is 34.6 Å². The number of benzene rings is 2. The molecule has 128 valence electrons. The van der Waals surface area contributed by atoms with Crippen molar-refractivity contribution in [3.05, 3.63) is 80.6 Å². The van der Waals surface area contributed by atoms with Crippen molar-refractivity contribution < 1.29 is 14.3 Å². The number of esters is 1. The monoisotopic (exact) mass is 448 g/mol. The van der Waals surface area contributed by atoms with Crippen molar-refractivity contribution in [3.8, 4) is 0 Å². The molecule has 0 unspecified atom stereocenters. The molecule has 1 aliphatic heterocycles. The molecular weight excluding hydrogens is 431 g/mol. The predicted molar refractivity (Wildman–Crippen MR) is 103 cm³/mol. The number of halogens is 1. The molecule has 2 aromatic rings. The zero-order valence-electron chi connectivity index (χ0n) is 13.6. The minimum atomic E-state index is -0.535. The highest BCUT2D eigenvalue weighted by Gasteiger charge is 2.32. The number of rotatable bonds is 4. The molecule has 0 radical (unpaired) electrons. The normalized spacial score (nSPS) is 16.9. The maximum atomic E-state index is 12.7. The zero-order chi connectivity index (χ0) is 17.8. The van der Waals surface area contributed by atoms with Crippen LogP contribution in [0.5, 0.6) is 0 Å². The summed E-state index contributed by atoms with van der Waals surface area (Å²) in [5.41, 5.74) is 2.67. The van der Waals surface area contributed by atoms with Gasteiger partial charge in [0.2, 0.25) is 0 Å². The summed E-state index contributed by atoms with van der Waals surface area (Å²) in [6.45, 7) is 1.89. The highest BCUT2D eigenvalue weighted by molar-refractivity contribution is 14.1. The van der Waals surface area contributed by atoms with E-state index in [0.29, 0.717) is 11.3 Å². The standard InChI is InChI=1S/C19H17IN2O3/c1-12-16(18(23)25-11-13-6-3-2-4-7-13)17(22-19(24)21-12)14-8-5-9-15(20)10-14/h2-10,17H,11H2,1H3,(H2,21,22,24)/t17-/m0/s1. The molecule has 2 amide bonds. The number of hydrogen-bond donors (Lipinski definition) is 2. The molecule has 5 nitrogen and oxygen atoms in total. The topological polar surface area (TPSA) is 67.4 Å². The summed E-state index contributed by atoms with van der Waals surface area (Å²) in [7, 11) is 0. The van der Waals surface area contributed by atoms with Crippen LogP contribution in [-0.4, -0.2) is 12.0 Å². The lowest BCUT2D eigenvalue weighted by atomic mass is 9.96. The van der Waals surface area contributed by atoms with E-state index in [9.17, 15) is 9.59 Å². The Morgan fingerprint density at radius 1 is 1.16 bits per heavy atom. The van der Waals surface area contributed by atoms with Gasteiger partial charge in [-0.3, -0.25) is 0 Å². The Labute approximate surface area is 159 Å². The van der Waals surface area contributed by atoms with Crippen LogP contribution in [0.1, 0.15) is 24.1 Å². The molecule has 0 bridgehead atoms. The summed E-state index contributed by atoms with van der Waals surface area (Å²) in [6, 6.07) is 16.3. The fourth-order valence-corrected chi connectivity index (χ4v) is 3.27. The van der Waals surface area contributed by atoms with Crippen LogP contribution in [0.3, 0.4) is 0 Å². The average molecular weight is 448 g/mol. The maximum absolute atomic E-state index is 12.7. The molecule has 0 spiro atoms. The highest BCUT2D eigenvalue weighted by atomic mass is 127. The molecule has 3 rings (SSSR count). The van der Waals surface area contributed by atoms with Crippen molar-refractivity contribution in [1.82, 2.24) is 10.6 Å². The Kier molecular flexibility index (Phi) is 5.37. The summed E-state index contributed by atoms with van der Waals surface area (Å²) < 4.78 is 6.49. The Morgan fingerprint density at radius 3 is 2.64 bits per heavy atom. The smallest absolute Gasteiger partial charge is 0.338 e. The van der Waals surface area contributed by atoms with Crippen molar-refractivity contribution in [2.45, 2.75) is 19.6 Å². The zero-order valence-corrected chi connectivity index (χ0v) is 15.7. The van der Waals surface area contributed by atoms with E-state index in [4.69, 9.17) is 4.74 Å². The summed E-state index contributed by atoms with van der Waals surface area (Å²) in [5.74, 6) is -0.447. The van der Waals surface area contributed by atoms with Gasteiger partial charge in [-0.15, -0.1) is 0 Å². The maximum Gasteiger partial charge on any atom is 0.338 e. The Bertz CT molecular complexity index is 834. The molecule has 6 heteroatoms. The van der Waals surface area contributed by atoms with E-state index in [1.54, 1.807) is 6.92 Å².